The van der Waals surface area contributed by atoms with Crippen LogP contribution >= 0.6 is 0 Å². The highest BCUT2D eigenvalue weighted by Gasteiger charge is 2.19. The summed E-state index contributed by atoms with van der Waals surface area (Å²) in [5.41, 5.74) is 0.285. The highest BCUT2D eigenvalue weighted by Crippen LogP contribution is 2.24. The van der Waals surface area contributed by atoms with Gasteiger partial charge in [-0.15, -0.1) is 0 Å². The summed E-state index contributed by atoms with van der Waals surface area (Å²) in [6.45, 7) is 1.50. The van der Waals surface area contributed by atoms with Crippen LogP contribution in [-0.2, 0) is 10.1 Å². The molecule has 0 saturated carbocycles. The van der Waals surface area contributed by atoms with E-state index in [1.807, 2.05) is 0 Å². The minimum Gasteiger partial charge on any atom is -0.497 e. The molecule has 0 fully saturated rings. The third-order valence-electron chi connectivity index (χ3n) is 2.65. The topological polar surface area (TPSA) is 52.6 Å². The van der Waals surface area contributed by atoms with Gasteiger partial charge in [-0.05, 0) is 42.8 Å². The van der Waals surface area contributed by atoms with Crippen molar-refractivity contribution in [3.63, 3.8) is 0 Å². The van der Waals surface area contributed by atoms with Gasteiger partial charge >= 0.3 is 10.1 Å². The van der Waals surface area contributed by atoms with Gasteiger partial charge in [0.2, 0.25) is 0 Å². The minimum atomic E-state index is -4.01. The largest absolute Gasteiger partial charge is 0.497 e. The zero-order valence-electron chi connectivity index (χ0n) is 11.0. The second kappa shape index (κ2) is 5.50. The molecule has 0 spiro atoms. The van der Waals surface area contributed by atoms with E-state index in [9.17, 15) is 12.8 Å². The van der Waals surface area contributed by atoms with E-state index in [2.05, 4.69) is 0 Å². The molecular weight excluding hydrogens is 283 g/mol. The van der Waals surface area contributed by atoms with Gasteiger partial charge < -0.3 is 8.92 Å². The Morgan fingerprint density at radius 2 is 1.75 bits per heavy atom. The molecule has 0 amide bonds. The summed E-state index contributed by atoms with van der Waals surface area (Å²) in [6, 6.07) is 9.63. The zero-order chi connectivity index (χ0) is 14.8. The molecule has 106 valence electrons. The van der Waals surface area contributed by atoms with Gasteiger partial charge in [-0.25, -0.2) is 4.39 Å². The van der Waals surface area contributed by atoms with Crippen LogP contribution < -0.4 is 8.92 Å². The average molecular weight is 296 g/mol. The van der Waals surface area contributed by atoms with Crippen LogP contribution in [0.2, 0.25) is 0 Å². The molecule has 0 heterocycles. The third-order valence-corrected chi connectivity index (χ3v) is 4.06. The Balaban J connectivity index is 2.35. The summed E-state index contributed by atoms with van der Waals surface area (Å²) >= 11 is 0. The third kappa shape index (κ3) is 3.08. The molecule has 20 heavy (non-hydrogen) atoms. The Hall–Kier alpha value is -2.08. The molecule has 6 heteroatoms. The first-order valence-electron chi connectivity index (χ1n) is 5.77. The van der Waals surface area contributed by atoms with Crippen LogP contribution in [-0.4, -0.2) is 15.5 Å². The van der Waals surface area contributed by atoms with Crippen molar-refractivity contribution in [2.75, 3.05) is 7.11 Å². The first-order chi connectivity index (χ1) is 9.42. The van der Waals surface area contributed by atoms with Crippen LogP contribution in [0, 0.1) is 12.7 Å². The Morgan fingerprint density at radius 3 is 2.40 bits per heavy atom. The number of hydrogen-bond donors (Lipinski definition) is 0. The number of aryl methyl sites for hydroxylation is 1. The van der Waals surface area contributed by atoms with Crippen molar-refractivity contribution in [3.05, 3.63) is 53.8 Å². The molecule has 0 aromatic heterocycles. The number of halogens is 1. The quantitative estimate of drug-likeness (QED) is 0.814. The lowest BCUT2D eigenvalue weighted by Gasteiger charge is -2.10. The minimum absolute atomic E-state index is 0.0679. The zero-order valence-corrected chi connectivity index (χ0v) is 11.8. The van der Waals surface area contributed by atoms with Gasteiger partial charge in [0.1, 0.15) is 22.2 Å². The lowest BCUT2D eigenvalue weighted by atomic mass is 10.2. The van der Waals surface area contributed by atoms with E-state index in [0.29, 0.717) is 5.75 Å². The molecule has 0 atom stereocenters. The molecule has 0 N–H and O–H groups in total. The lowest BCUT2D eigenvalue weighted by molar-refractivity contribution is 0.411. The van der Waals surface area contributed by atoms with Crippen LogP contribution in [0.3, 0.4) is 0 Å². The van der Waals surface area contributed by atoms with Gasteiger partial charge in [-0.2, -0.15) is 8.42 Å². The molecule has 0 saturated heterocycles. The fourth-order valence-corrected chi connectivity index (χ4v) is 2.85. The first kappa shape index (κ1) is 14.3. The van der Waals surface area contributed by atoms with Gasteiger partial charge in [-0.1, -0.05) is 6.07 Å². The highest BCUT2D eigenvalue weighted by molar-refractivity contribution is 7.87. The predicted octanol–water partition coefficient (Wildman–Crippen LogP) is 2.91. The Morgan fingerprint density at radius 1 is 1.05 bits per heavy atom. The Labute approximate surface area is 116 Å². The van der Waals surface area contributed by atoms with Gasteiger partial charge in [-0.3, -0.25) is 0 Å². The molecule has 2 rings (SSSR count). The van der Waals surface area contributed by atoms with Crippen molar-refractivity contribution in [1.29, 1.82) is 0 Å². The normalized spacial score (nSPS) is 11.2. The summed E-state index contributed by atoms with van der Waals surface area (Å²) in [4.78, 5) is -0.0679. The average Bonchev–Trinajstić information content (AvgIpc) is 2.37. The Kier molecular flexibility index (Phi) is 3.94. The number of ether oxygens (including phenoxy) is 1. The number of rotatable bonds is 4. The molecule has 2 aromatic rings. The van der Waals surface area contributed by atoms with E-state index in [-0.39, 0.29) is 16.2 Å². The van der Waals surface area contributed by atoms with Crippen LogP contribution in [0.4, 0.5) is 4.39 Å². The molecule has 0 aliphatic carbocycles. The second-order valence-electron chi connectivity index (χ2n) is 4.13. The van der Waals surface area contributed by atoms with Crippen molar-refractivity contribution >= 4 is 10.1 Å². The van der Waals surface area contributed by atoms with Gasteiger partial charge in [0.15, 0.2) is 0 Å². The van der Waals surface area contributed by atoms with Crippen LogP contribution in [0.15, 0.2) is 47.4 Å². The SMILES string of the molecule is COc1cccc(OS(=O)(=O)c2ccc(F)cc2C)c1. The standard InChI is InChI=1S/C14H13FO4S/c1-10-8-11(15)6-7-14(10)20(16,17)19-13-5-3-4-12(9-13)18-2/h3-9H,1-2H3. The maximum absolute atomic E-state index is 13.0. The molecule has 0 unspecified atom stereocenters. The fourth-order valence-electron chi connectivity index (χ4n) is 1.72. The van der Waals surface area contributed by atoms with E-state index in [4.69, 9.17) is 8.92 Å². The molecule has 2 aromatic carbocycles. The number of benzene rings is 2. The van der Waals surface area contributed by atoms with E-state index in [0.717, 1.165) is 12.1 Å². The van der Waals surface area contributed by atoms with E-state index < -0.39 is 15.9 Å². The monoisotopic (exact) mass is 296 g/mol. The van der Waals surface area contributed by atoms with Crippen LogP contribution in [0.25, 0.3) is 0 Å². The Bertz CT molecular complexity index is 726. The molecule has 0 bridgehead atoms. The van der Waals surface area contributed by atoms with Crippen LogP contribution in [0.5, 0.6) is 11.5 Å². The maximum atomic E-state index is 13.0. The predicted molar refractivity (Wildman–Crippen MR) is 71.9 cm³/mol. The summed E-state index contributed by atoms with van der Waals surface area (Å²) < 4.78 is 47.3. The lowest BCUT2D eigenvalue weighted by Crippen LogP contribution is -2.11. The molecule has 0 radical (unpaired) electrons. The van der Waals surface area contributed by atoms with Crippen molar-refractivity contribution in [1.82, 2.24) is 0 Å². The number of hydrogen-bond acceptors (Lipinski definition) is 4. The van der Waals surface area contributed by atoms with E-state index >= 15 is 0 Å². The molecule has 4 nitrogen and oxygen atoms in total. The van der Waals surface area contributed by atoms with Gasteiger partial charge in [0.05, 0.1) is 7.11 Å². The van der Waals surface area contributed by atoms with Crippen molar-refractivity contribution in [2.45, 2.75) is 11.8 Å². The second-order valence-corrected chi connectivity index (χ2v) is 5.64. The first-order valence-corrected chi connectivity index (χ1v) is 7.18. The van der Waals surface area contributed by atoms with Crippen molar-refractivity contribution in [3.8, 4) is 11.5 Å². The smallest absolute Gasteiger partial charge is 0.339 e. The van der Waals surface area contributed by atoms with Crippen molar-refractivity contribution in [2.24, 2.45) is 0 Å². The highest BCUT2D eigenvalue weighted by atomic mass is 32.2. The molecule has 0 aliphatic rings. The summed E-state index contributed by atoms with van der Waals surface area (Å²) in [7, 11) is -2.54. The summed E-state index contributed by atoms with van der Waals surface area (Å²) in [6.07, 6.45) is 0. The van der Waals surface area contributed by atoms with Crippen LogP contribution in [0.1, 0.15) is 5.56 Å². The maximum Gasteiger partial charge on any atom is 0.339 e. The molecular formula is C14H13FO4S. The summed E-state index contributed by atoms with van der Waals surface area (Å²) in [5, 5.41) is 0. The molecule has 0 aliphatic heterocycles. The van der Waals surface area contributed by atoms with E-state index in [1.54, 1.807) is 12.1 Å². The van der Waals surface area contributed by atoms with Gasteiger partial charge in [0, 0.05) is 6.07 Å². The van der Waals surface area contributed by atoms with Gasteiger partial charge in [0.25, 0.3) is 0 Å². The summed E-state index contributed by atoms with van der Waals surface area (Å²) in [5.74, 6) is 0.115. The van der Waals surface area contributed by atoms with Crippen molar-refractivity contribution < 1.29 is 21.7 Å². The van der Waals surface area contributed by atoms with E-state index in [1.165, 1.54) is 32.2 Å². The fraction of sp³-hybridized carbons (Fsp3) is 0.143. The number of methoxy groups -OCH3 is 1.